The summed E-state index contributed by atoms with van der Waals surface area (Å²) in [4.78, 5) is 21.6. The molecule has 0 spiro atoms. The molecule has 0 fully saturated rings. The number of aliphatic carboxylic acids is 1. The molecule has 0 aromatic heterocycles. The van der Waals surface area contributed by atoms with E-state index in [9.17, 15) is 9.59 Å². The van der Waals surface area contributed by atoms with Crippen LogP contribution in [0.2, 0.25) is 0 Å². The first-order chi connectivity index (χ1) is 6.47. The number of amides is 1. The van der Waals surface area contributed by atoms with Crippen molar-refractivity contribution in [2.75, 3.05) is 0 Å². The highest BCUT2D eigenvalue weighted by Gasteiger charge is 2.16. The third kappa shape index (κ3) is 5.53. The van der Waals surface area contributed by atoms with Crippen LogP contribution in [-0.2, 0) is 9.59 Å². The summed E-state index contributed by atoms with van der Waals surface area (Å²) < 4.78 is 0. The van der Waals surface area contributed by atoms with Crippen LogP contribution in [0.25, 0.3) is 0 Å². The molecule has 0 aliphatic heterocycles. The zero-order chi connectivity index (χ0) is 11.1. The van der Waals surface area contributed by atoms with Crippen molar-refractivity contribution in [1.82, 2.24) is 5.32 Å². The molecule has 0 saturated heterocycles. The highest BCUT2D eigenvalue weighted by Crippen LogP contribution is 2.02. The van der Waals surface area contributed by atoms with Gasteiger partial charge >= 0.3 is 5.97 Å². The fourth-order valence-electron chi connectivity index (χ4n) is 1.12. The molecule has 0 aromatic rings. The number of nitrogens with two attached hydrogens (primary N) is 1. The quantitative estimate of drug-likeness (QED) is 0.569. The molecule has 2 atom stereocenters. The summed E-state index contributed by atoms with van der Waals surface area (Å²) in [5.41, 5.74) is 5.35. The summed E-state index contributed by atoms with van der Waals surface area (Å²) in [6, 6.07) is -0.904. The Kier molecular flexibility index (Phi) is 5.87. The molecular formula is C9H18N2O3. The van der Waals surface area contributed by atoms with Crippen LogP contribution < -0.4 is 11.1 Å². The summed E-state index contributed by atoms with van der Waals surface area (Å²) in [6.45, 7) is 3.51. The van der Waals surface area contributed by atoms with Crippen LogP contribution in [0.1, 0.15) is 33.1 Å². The summed E-state index contributed by atoms with van der Waals surface area (Å²) in [6.07, 6.45) is 1.44. The van der Waals surface area contributed by atoms with Crippen LogP contribution in [-0.4, -0.2) is 29.1 Å². The SMILES string of the molecule is CCCC(CC(=O)O)NC(=O)[C@H](C)N. The molecule has 0 aliphatic carbocycles. The molecule has 0 aromatic carbocycles. The van der Waals surface area contributed by atoms with E-state index < -0.39 is 12.0 Å². The van der Waals surface area contributed by atoms with E-state index in [0.29, 0.717) is 6.42 Å². The van der Waals surface area contributed by atoms with E-state index in [2.05, 4.69) is 5.32 Å². The normalized spacial score (nSPS) is 14.5. The molecular weight excluding hydrogens is 184 g/mol. The van der Waals surface area contributed by atoms with Crippen molar-refractivity contribution in [3.63, 3.8) is 0 Å². The minimum Gasteiger partial charge on any atom is -0.481 e. The molecule has 5 nitrogen and oxygen atoms in total. The van der Waals surface area contributed by atoms with E-state index in [4.69, 9.17) is 10.8 Å². The highest BCUT2D eigenvalue weighted by atomic mass is 16.4. The average molecular weight is 202 g/mol. The van der Waals surface area contributed by atoms with Gasteiger partial charge in [0.05, 0.1) is 12.5 Å². The van der Waals surface area contributed by atoms with Crippen molar-refractivity contribution in [3.05, 3.63) is 0 Å². The Labute approximate surface area is 83.7 Å². The van der Waals surface area contributed by atoms with Gasteiger partial charge in [-0.2, -0.15) is 0 Å². The van der Waals surface area contributed by atoms with Crippen molar-refractivity contribution < 1.29 is 14.7 Å². The van der Waals surface area contributed by atoms with Crippen molar-refractivity contribution in [2.24, 2.45) is 5.73 Å². The van der Waals surface area contributed by atoms with Gasteiger partial charge in [-0.1, -0.05) is 13.3 Å². The molecule has 4 N–H and O–H groups in total. The van der Waals surface area contributed by atoms with Gasteiger partial charge in [0.1, 0.15) is 0 Å². The second kappa shape index (κ2) is 6.37. The van der Waals surface area contributed by atoms with Gasteiger partial charge in [0.25, 0.3) is 0 Å². The maximum absolute atomic E-state index is 11.2. The Morgan fingerprint density at radius 2 is 2.07 bits per heavy atom. The van der Waals surface area contributed by atoms with Crippen LogP contribution in [0, 0.1) is 0 Å². The van der Waals surface area contributed by atoms with E-state index in [1.165, 1.54) is 0 Å². The number of carbonyl (C=O) groups is 2. The van der Waals surface area contributed by atoms with Crippen LogP contribution in [0.5, 0.6) is 0 Å². The van der Waals surface area contributed by atoms with Crippen molar-refractivity contribution in [1.29, 1.82) is 0 Å². The predicted octanol–water partition coefficient (Wildman–Crippen LogP) is 0.0932. The zero-order valence-corrected chi connectivity index (χ0v) is 8.62. The van der Waals surface area contributed by atoms with E-state index in [1.807, 2.05) is 6.92 Å². The topological polar surface area (TPSA) is 92.4 Å². The van der Waals surface area contributed by atoms with Gasteiger partial charge in [0.15, 0.2) is 0 Å². The van der Waals surface area contributed by atoms with E-state index in [0.717, 1.165) is 6.42 Å². The van der Waals surface area contributed by atoms with Gasteiger partial charge in [-0.25, -0.2) is 0 Å². The van der Waals surface area contributed by atoms with Gasteiger partial charge in [0.2, 0.25) is 5.91 Å². The first-order valence-corrected chi connectivity index (χ1v) is 4.75. The number of nitrogens with one attached hydrogen (secondary N) is 1. The minimum absolute atomic E-state index is 0.0493. The molecule has 5 heteroatoms. The molecule has 0 aliphatic rings. The smallest absolute Gasteiger partial charge is 0.305 e. The van der Waals surface area contributed by atoms with Crippen LogP contribution in [0.15, 0.2) is 0 Å². The Morgan fingerprint density at radius 3 is 2.43 bits per heavy atom. The average Bonchev–Trinajstić information content (AvgIpc) is 2.02. The maximum atomic E-state index is 11.2. The van der Waals surface area contributed by atoms with Crippen molar-refractivity contribution in [3.8, 4) is 0 Å². The Bertz CT molecular complexity index is 204. The Morgan fingerprint density at radius 1 is 1.50 bits per heavy atom. The lowest BCUT2D eigenvalue weighted by atomic mass is 10.1. The lowest BCUT2D eigenvalue weighted by molar-refractivity contribution is -0.137. The highest BCUT2D eigenvalue weighted by molar-refractivity contribution is 5.81. The standard InChI is InChI=1S/C9H18N2O3/c1-3-4-7(5-8(12)13)11-9(14)6(2)10/h6-7H,3-5,10H2,1-2H3,(H,11,14)(H,12,13)/t6-,7?/m0/s1. The number of hydrogen-bond donors (Lipinski definition) is 3. The van der Waals surface area contributed by atoms with E-state index in [-0.39, 0.29) is 18.4 Å². The molecule has 0 heterocycles. The number of carbonyl (C=O) groups excluding carboxylic acids is 1. The summed E-state index contributed by atoms with van der Waals surface area (Å²) >= 11 is 0. The number of hydrogen-bond acceptors (Lipinski definition) is 3. The van der Waals surface area contributed by atoms with Gasteiger partial charge in [-0.05, 0) is 13.3 Å². The lowest BCUT2D eigenvalue weighted by Gasteiger charge is -2.17. The van der Waals surface area contributed by atoms with Crippen LogP contribution >= 0.6 is 0 Å². The van der Waals surface area contributed by atoms with Gasteiger partial charge in [-0.3, -0.25) is 9.59 Å². The third-order valence-electron chi connectivity index (χ3n) is 1.82. The minimum atomic E-state index is -0.909. The maximum Gasteiger partial charge on any atom is 0.305 e. The first kappa shape index (κ1) is 12.9. The monoisotopic (exact) mass is 202 g/mol. The summed E-state index contributed by atoms with van der Waals surface area (Å²) in [5.74, 6) is -1.21. The molecule has 14 heavy (non-hydrogen) atoms. The molecule has 1 unspecified atom stereocenters. The number of rotatable bonds is 6. The van der Waals surface area contributed by atoms with Crippen molar-refractivity contribution >= 4 is 11.9 Å². The van der Waals surface area contributed by atoms with E-state index in [1.54, 1.807) is 6.92 Å². The van der Waals surface area contributed by atoms with E-state index >= 15 is 0 Å². The Balaban J connectivity index is 4.08. The van der Waals surface area contributed by atoms with Gasteiger partial charge in [0, 0.05) is 6.04 Å². The van der Waals surface area contributed by atoms with Crippen LogP contribution in [0.4, 0.5) is 0 Å². The molecule has 0 radical (unpaired) electrons. The molecule has 0 saturated carbocycles. The fraction of sp³-hybridized carbons (Fsp3) is 0.778. The summed E-state index contributed by atoms with van der Waals surface area (Å²) in [7, 11) is 0. The zero-order valence-electron chi connectivity index (χ0n) is 8.62. The first-order valence-electron chi connectivity index (χ1n) is 4.75. The largest absolute Gasteiger partial charge is 0.481 e. The molecule has 82 valence electrons. The van der Waals surface area contributed by atoms with Gasteiger partial charge in [-0.15, -0.1) is 0 Å². The molecule has 0 rings (SSSR count). The van der Waals surface area contributed by atoms with Crippen molar-refractivity contribution in [2.45, 2.75) is 45.2 Å². The fourth-order valence-corrected chi connectivity index (χ4v) is 1.12. The van der Waals surface area contributed by atoms with Gasteiger partial charge < -0.3 is 16.2 Å². The molecule has 1 amide bonds. The lowest BCUT2D eigenvalue weighted by Crippen LogP contribution is -2.44. The number of carboxylic acid groups (broad SMARTS) is 1. The summed E-state index contributed by atoms with van der Waals surface area (Å²) in [5, 5.41) is 11.2. The van der Waals surface area contributed by atoms with Crippen LogP contribution in [0.3, 0.4) is 0 Å². The molecule has 0 bridgehead atoms. The number of carboxylic acids is 1. The Hall–Kier alpha value is -1.10. The predicted molar refractivity (Wildman–Crippen MR) is 52.7 cm³/mol. The second-order valence-electron chi connectivity index (χ2n) is 3.38. The third-order valence-corrected chi connectivity index (χ3v) is 1.82. The second-order valence-corrected chi connectivity index (χ2v) is 3.38.